The summed E-state index contributed by atoms with van der Waals surface area (Å²) in [6, 6.07) is 17.2. The van der Waals surface area contributed by atoms with Gasteiger partial charge >= 0.3 is 0 Å². The number of amides is 1. The van der Waals surface area contributed by atoms with Crippen LogP contribution in [0.1, 0.15) is 5.56 Å². The molecule has 0 atom stereocenters. The highest BCUT2D eigenvalue weighted by atomic mass is 79.9. The van der Waals surface area contributed by atoms with Gasteiger partial charge in [0.15, 0.2) is 6.61 Å². The molecule has 0 aliphatic carbocycles. The quantitative estimate of drug-likeness (QED) is 0.919. The van der Waals surface area contributed by atoms with Gasteiger partial charge in [-0.3, -0.25) is 4.79 Å². The van der Waals surface area contributed by atoms with Crippen LogP contribution in [0.15, 0.2) is 59.1 Å². The molecule has 0 saturated carbocycles. The van der Waals surface area contributed by atoms with Crippen molar-refractivity contribution >= 4 is 21.8 Å². The SMILES string of the molecule is O=C(COc1ccccc1Br)NCc1ccccc1. The third-order valence-corrected chi connectivity index (χ3v) is 3.18. The Hall–Kier alpha value is -1.81. The van der Waals surface area contributed by atoms with Gasteiger partial charge in [-0.2, -0.15) is 0 Å². The second kappa shape index (κ2) is 6.95. The van der Waals surface area contributed by atoms with E-state index in [1.54, 1.807) is 0 Å². The molecule has 0 unspecified atom stereocenters. The number of ether oxygens (including phenoxy) is 1. The van der Waals surface area contributed by atoms with E-state index in [0.29, 0.717) is 12.3 Å². The van der Waals surface area contributed by atoms with Crippen LogP contribution in [0, 0.1) is 0 Å². The van der Waals surface area contributed by atoms with Gasteiger partial charge < -0.3 is 10.1 Å². The lowest BCUT2D eigenvalue weighted by Crippen LogP contribution is -2.28. The van der Waals surface area contributed by atoms with Gasteiger partial charge in [-0.1, -0.05) is 42.5 Å². The Kier molecular flexibility index (Phi) is 4.98. The van der Waals surface area contributed by atoms with E-state index in [1.165, 1.54) is 0 Å². The summed E-state index contributed by atoms with van der Waals surface area (Å²) in [6.45, 7) is 0.522. The van der Waals surface area contributed by atoms with Crippen LogP contribution in [-0.4, -0.2) is 12.5 Å². The fourth-order valence-corrected chi connectivity index (χ4v) is 1.95. The van der Waals surface area contributed by atoms with E-state index >= 15 is 0 Å². The maximum Gasteiger partial charge on any atom is 0.258 e. The lowest BCUT2D eigenvalue weighted by molar-refractivity contribution is -0.123. The van der Waals surface area contributed by atoms with Gasteiger partial charge in [0.2, 0.25) is 0 Å². The number of para-hydroxylation sites is 1. The Bertz CT molecular complexity index is 543. The van der Waals surface area contributed by atoms with E-state index in [-0.39, 0.29) is 12.5 Å². The van der Waals surface area contributed by atoms with Crippen LogP contribution in [0.2, 0.25) is 0 Å². The van der Waals surface area contributed by atoms with Crippen LogP contribution >= 0.6 is 15.9 Å². The summed E-state index contributed by atoms with van der Waals surface area (Å²) in [5.41, 5.74) is 1.07. The molecule has 4 heteroatoms. The predicted octanol–water partition coefficient (Wildman–Crippen LogP) is 3.14. The molecule has 98 valence electrons. The Morgan fingerprint density at radius 1 is 1.05 bits per heavy atom. The highest BCUT2D eigenvalue weighted by Gasteiger charge is 2.04. The number of carbonyl (C=O) groups is 1. The van der Waals surface area contributed by atoms with Crippen LogP contribution in [0.3, 0.4) is 0 Å². The van der Waals surface area contributed by atoms with Gasteiger partial charge in [0.1, 0.15) is 5.75 Å². The minimum Gasteiger partial charge on any atom is -0.483 e. The molecular weight excluding hydrogens is 306 g/mol. The molecular formula is C15H14BrNO2. The van der Waals surface area contributed by atoms with Gasteiger partial charge in [0.25, 0.3) is 5.91 Å². The predicted molar refractivity (Wildman–Crippen MR) is 77.9 cm³/mol. The first-order chi connectivity index (χ1) is 9.25. The fourth-order valence-electron chi connectivity index (χ4n) is 1.55. The highest BCUT2D eigenvalue weighted by Crippen LogP contribution is 2.23. The smallest absolute Gasteiger partial charge is 0.258 e. The Labute approximate surface area is 120 Å². The summed E-state index contributed by atoms with van der Waals surface area (Å²) in [4.78, 5) is 11.6. The standard InChI is InChI=1S/C15H14BrNO2/c16-13-8-4-5-9-14(13)19-11-15(18)17-10-12-6-2-1-3-7-12/h1-9H,10-11H2,(H,17,18). The Morgan fingerprint density at radius 2 is 1.74 bits per heavy atom. The monoisotopic (exact) mass is 319 g/mol. The van der Waals surface area contributed by atoms with Gasteiger partial charge in [-0.05, 0) is 33.6 Å². The number of rotatable bonds is 5. The first-order valence-electron chi connectivity index (χ1n) is 5.93. The summed E-state index contributed by atoms with van der Waals surface area (Å²) < 4.78 is 6.27. The number of hydrogen-bond acceptors (Lipinski definition) is 2. The third kappa shape index (κ3) is 4.41. The van der Waals surface area contributed by atoms with Crippen molar-refractivity contribution < 1.29 is 9.53 Å². The highest BCUT2D eigenvalue weighted by molar-refractivity contribution is 9.10. The molecule has 0 aliphatic heterocycles. The molecule has 2 rings (SSSR count). The third-order valence-electron chi connectivity index (χ3n) is 2.53. The van der Waals surface area contributed by atoms with Crippen LogP contribution in [0.4, 0.5) is 0 Å². The van der Waals surface area contributed by atoms with E-state index in [4.69, 9.17) is 4.74 Å². The number of benzene rings is 2. The molecule has 0 aliphatic rings. The summed E-state index contributed by atoms with van der Waals surface area (Å²) in [7, 11) is 0. The average molecular weight is 320 g/mol. The van der Waals surface area contributed by atoms with Crippen LogP contribution in [-0.2, 0) is 11.3 Å². The maximum absolute atomic E-state index is 11.6. The second-order valence-electron chi connectivity index (χ2n) is 3.98. The second-order valence-corrected chi connectivity index (χ2v) is 4.84. The lowest BCUT2D eigenvalue weighted by atomic mass is 10.2. The zero-order valence-corrected chi connectivity index (χ0v) is 11.9. The van der Waals surface area contributed by atoms with Crippen molar-refractivity contribution in [1.82, 2.24) is 5.32 Å². The summed E-state index contributed by atoms with van der Waals surface area (Å²) >= 11 is 3.37. The van der Waals surface area contributed by atoms with Crippen molar-refractivity contribution in [3.63, 3.8) is 0 Å². The largest absolute Gasteiger partial charge is 0.483 e. The Balaban J connectivity index is 1.78. The van der Waals surface area contributed by atoms with Crippen molar-refractivity contribution in [2.75, 3.05) is 6.61 Å². The molecule has 0 fully saturated rings. The topological polar surface area (TPSA) is 38.3 Å². The van der Waals surface area contributed by atoms with Crippen LogP contribution < -0.4 is 10.1 Å². The zero-order chi connectivity index (χ0) is 13.5. The van der Waals surface area contributed by atoms with Crippen molar-refractivity contribution in [3.8, 4) is 5.75 Å². The van der Waals surface area contributed by atoms with Crippen molar-refractivity contribution in [1.29, 1.82) is 0 Å². The molecule has 0 heterocycles. The number of halogens is 1. The fraction of sp³-hybridized carbons (Fsp3) is 0.133. The van der Waals surface area contributed by atoms with E-state index in [9.17, 15) is 4.79 Å². The van der Waals surface area contributed by atoms with Gasteiger partial charge in [0.05, 0.1) is 4.47 Å². The van der Waals surface area contributed by atoms with Gasteiger partial charge in [-0.15, -0.1) is 0 Å². The van der Waals surface area contributed by atoms with Gasteiger partial charge in [-0.25, -0.2) is 0 Å². The van der Waals surface area contributed by atoms with Crippen LogP contribution in [0.5, 0.6) is 5.75 Å². The van der Waals surface area contributed by atoms with Crippen molar-refractivity contribution in [3.05, 3.63) is 64.6 Å². The van der Waals surface area contributed by atoms with Crippen molar-refractivity contribution in [2.24, 2.45) is 0 Å². The molecule has 19 heavy (non-hydrogen) atoms. The molecule has 0 bridgehead atoms. The molecule has 3 nitrogen and oxygen atoms in total. The zero-order valence-electron chi connectivity index (χ0n) is 10.3. The number of hydrogen-bond donors (Lipinski definition) is 1. The van der Waals surface area contributed by atoms with E-state index in [2.05, 4.69) is 21.2 Å². The lowest BCUT2D eigenvalue weighted by Gasteiger charge is -2.08. The minimum atomic E-state index is -0.139. The number of carbonyl (C=O) groups excluding carboxylic acids is 1. The molecule has 0 spiro atoms. The molecule has 2 aromatic carbocycles. The van der Waals surface area contributed by atoms with Gasteiger partial charge in [0, 0.05) is 6.54 Å². The molecule has 0 saturated heterocycles. The summed E-state index contributed by atoms with van der Waals surface area (Å²) in [6.07, 6.45) is 0. The molecule has 1 amide bonds. The molecule has 0 radical (unpaired) electrons. The van der Waals surface area contributed by atoms with E-state index < -0.39 is 0 Å². The number of nitrogens with one attached hydrogen (secondary N) is 1. The summed E-state index contributed by atoms with van der Waals surface area (Å²) in [5.74, 6) is 0.525. The van der Waals surface area contributed by atoms with E-state index in [0.717, 1.165) is 10.0 Å². The summed E-state index contributed by atoms with van der Waals surface area (Å²) in [5, 5.41) is 2.81. The van der Waals surface area contributed by atoms with Crippen molar-refractivity contribution in [2.45, 2.75) is 6.54 Å². The Morgan fingerprint density at radius 3 is 2.47 bits per heavy atom. The maximum atomic E-state index is 11.6. The van der Waals surface area contributed by atoms with Crippen LogP contribution in [0.25, 0.3) is 0 Å². The van der Waals surface area contributed by atoms with E-state index in [1.807, 2.05) is 54.6 Å². The minimum absolute atomic E-state index is 0.00937. The molecule has 2 aromatic rings. The first-order valence-corrected chi connectivity index (χ1v) is 6.73. The average Bonchev–Trinajstić information content (AvgIpc) is 2.45. The molecule has 1 N–H and O–H groups in total. The normalized spacial score (nSPS) is 9.95. The first kappa shape index (κ1) is 13.6. The molecule has 0 aromatic heterocycles.